The smallest absolute Gasteiger partial charge is 0.120 e. The van der Waals surface area contributed by atoms with Crippen molar-refractivity contribution in [3.05, 3.63) is 11.6 Å². The first kappa shape index (κ1) is 13.4. The van der Waals surface area contributed by atoms with Crippen LogP contribution in [-0.4, -0.2) is 6.29 Å². The minimum absolute atomic E-state index is 0.544. The molecule has 82 valence electrons. The highest BCUT2D eigenvalue weighted by atomic mass is 16.1. The summed E-state index contributed by atoms with van der Waals surface area (Å²) in [5, 5.41) is 0. The number of unbranched alkanes of at least 4 members (excludes halogenated alkanes) is 1. The second-order valence-corrected chi connectivity index (χ2v) is 4.24. The van der Waals surface area contributed by atoms with Gasteiger partial charge in [-0.15, -0.1) is 0 Å². The molecule has 1 nitrogen and oxygen atoms in total. The van der Waals surface area contributed by atoms with Crippen LogP contribution in [0, 0.1) is 5.92 Å². The molecule has 0 amide bonds. The number of carbonyl (C=O) groups is 1. The van der Waals surface area contributed by atoms with Crippen LogP contribution in [0.1, 0.15) is 59.3 Å². The number of rotatable bonds is 8. The molecular formula is C13H24O. The molecule has 1 unspecified atom stereocenters. The average Bonchev–Trinajstić information content (AvgIpc) is 2.15. The molecule has 0 bridgehead atoms. The second kappa shape index (κ2) is 8.98. The van der Waals surface area contributed by atoms with Crippen LogP contribution >= 0.6 is 0 Å². The highest BCUT2D eigenvalue weighted by molar-refractivity contribution is 5.49. The molecule has 1 atom stereocenters. The molecule has 0 heterocycles. The zero-order valence-corrected chi connectivity index (χ0v) is 9.88. The molecule has 0 spiro atoms. The van der Waals surface area contributed by atoms with Crippen molar-refractivity contribution in [2.75, 3.05) is 0 Å². The molecule has 14 heavy (non-hydrogen) atoms. The fourth-order valence-electron chi connectivity index (χ4n) is 1.45. The number of hydrogen-bond acceptors (Lipinski definition) is 1. The van der Waals surface area contributed by atoms with Crippen molar-refractivity contribution in [2.45, 2.75) is 59.3 Å². The predicted octanol–water partition coefficient (Wildman–Crippen LogP) is 4.13. The molecule has 0 fully saturated rings. The lowest BCUT2D eigenvalue weighted by Gasteiger charge is -2.05. The van der Waals surface area contributed by atoms with E-state index in [0.717, 1.165) is 19.1 Å². The average molecular weight is 196 g/mol. The van der Waals surface area contributed by atoms with Crippen molar-refractivity contribution in [1.29, 1.82) is 0 Å². The standard InChI is InChI=1S/C13H24O/c1-4-5-7-12(2)8-6-9-13(3)10-11-14/h8,11,13H,4-7,9-10H2,1-3H3/b12-8-. The molecule has 0 aromatic heterocycles. The quantitative estimate of drug-likeness (QED) is 0.421. The van der Waals surface area contributed by atoms with Crippen LogP contribution in [0.2, 0.25) is 0 Å². The molecule has 0 rings (SSSR count). The van der Waals surface area contributed by atoms with Gasteiger partial charge in [0.15, 0.2) is 0 Å². The lowest BCUT2D eigenvalue weighted by Crippen LogP contribution is -1.94. The van der Waals surface area contributed by atoms with Gasteiger partial charge in [0.25, 0.3) is 0 Å². The van der Waals surface area contributed by atoms with Gasteiger partial charge in [0.1, 0.15) is 6.29 Å². The number of allylic oxidation sites excluding steroid dienone is 2. The zero-order chi connectivity index (χ0) is 10.8. The third-order valence-electron chi connectivity index (χ3n) is 2.58. The molecule has 0 aliphatic carbocycles. The van der Waals surface area contributed by atoms with Crippen molar-refractivity contribution in [3.63, 3.8) is 0 Å². The van der Waals surface area contributed by atoms with Crippen LogP contribution in [0.15, 0.2) is 11.6 Å². The van der Waals surface area contributed by atoms with Crippen LogP contribution in [0.4, 0.5) is 0 Å². The summed E-state index contributed by atoms with van der Waals surface area (Å²) in [7, 11) is 0. The Hall–Kier alpha value is -0.590. The van der Waals surface area contributed by atoms with Crippen LogP contribution in [0.25, 0.3) is 0 Å². The maximum atomic E-state index is 10.2. The minimum Gasteiger partial charge on any atom is -0.303 e. The summed E-state index contributed by atoms with van der Waals surface area (Å²) in [6, 6.07) is 0. The van der Waals surface area contributed by atoms with Crippen molar-refractivity contribution < 1.29 is 4.79 Å². The summed E-state index contributed by atoms with van der Waals surface area (Å²) in [6.07, 6.45) is 10.1. The first-order chi connectivity index (χ1) is 6.70. The first-order valence-electron chi connectivity index (χ1n) is 5.80. The normalized spacial score (nSPS) is 14.1. The Morgan fingerprint density at radius 2 is 2.14 bits per heavy atom. The summed E-state index contributed by atoms with van der Waals surface area (Å²) in [6.45, 7) is 6.57. The molecule has 0 saturated heterocycles. The first-order valence-corrected chi connectivity index (χ1v) is 5.80. The fraction of sp³-hybridized carbons (Fsp3) is 0.769. The van der Waals surface area contributed by atoms with Gasteiger partial charge in [-0.25, -0.2) is 0 Å². The van der Waals surface area contributed by atoms with Crippen molar-refractivity contribution in [1.82, 2.24) is 0 Å². The van der Waals surface area contributed by atoms with Gasteiger partial charge in [-0.3, -0.25) is 0 Å². The van der Waals surface area contributed by atoms with Crippen molar-refractivity contribution in [2.24, 2.45) is 5.92 Å². The maximum absolute atomic E-state index is 10.2. The van der Waals surface area contributed by atoms with Crippen molar-refractivity contribution in [3.8, 4) is 0 Å². The highest BCUT2D eigenvalue weighted by Gasteiger charge is 1.99. The topological polar surface area (TPSA) is 17.1 Å². The highest BCUT2D eigenvalue weighted by Crippen LogP contribution is 2.12. The third kappa shape index (κ3) is 8.03. The van der Waals surface area contributed by atoms with Gasteiger partial charge >= 0.3 is 0 Å². The Bertz CT molecular complexity index is 170. The van der Waals surface area contributed by atoms with Crippen LogP contribution < -0.4 is 0 Å². The van der Waals surface area contributed by atoms with Crippen molar-refractivity contribution >= 4 is 6.29 Å². The van der Waals surface area contributed by atoms with E-state index in [0.29, 0.717) is 12.3 Å². The summed E-state index contributed by atoms with van der Waals surface area (Å²) < 4.78 is 0. The molecule has 0 N–H and O–H groups in total. The minimum atomic E-state index is 0.544. The van der Waals surface area contributed by atoms with E-state index in [9.17, 15) is 4.79 Å². The Morgan fingerprint density at radius 1 is 1.43 bits per heavy atom. The Kier molecular flexibility index (Phi) is 8.61. The molecule has 0 radical (unpaired) electrons. The van der Waals surface area contributed by atoms with E-state index in [1.165, 1.54) is 24.8 Å². The largest absolute Gasteiger partial charge is 0.303 e. The lowest BCUT2D eigenvalue weighted by atomic mass is 10.0. The van der Waals surface area contributed by atoms with Gasteiger partial charge in [-0.05, 0) is 38.5 Å². The van der Waals surface area contributed by atoms with E-state index < -0.39 is 0 Å². The Balaban J connectivity index is 3.53. The summed E-state index contributed by atoms with van der Waals surface area (Å²) >= 11 is 0. The Labute approximate surface area is 88.6 Å². The van der Waals surface area contributed by atoms with E-state index in [1.807, 2.05) is 0 Å². The molecule has 0 aromatic rings. The molecule has 1 heteroatoms. The predicted molar refractivity (Wildman–Crippen MR) is 62.4 cm³/mol. The van der Waals surface area contributed by atoms with E-state index in [2.05, 4.69) is 26.8 Å². The molecule has 0 aliphatic rings. The van der Waals surface area contributed by atoms with E-state index in [1.54, 1.807) is 0 Å². The number of hydrogen-bond donors (Lipinski definition) is 0. The fourth-order valence-corrected chi connectivity index (χ4v) is 1.45. The van der Waals surface area contributed by atoms with E-state index in [4.69, 9.17) is 0 Å². The summed E-state index contributed by atoms with van der Waals surface area (Å²) in [5.41, 5.74) is 1.50. The van der Waals surface area contributed by atoms with Gasteiger partial charge in [0.05, 0.1) is 0 Å². The van der Waals surface area contributed by atoms with E-state index >= 15 is 0 Å². The Morgan fingerprint density at radius 3 is 2.71 bits per heavy atom. The third-order valence-corrected chi connectivity index (χ3v) is 2.58. The molecular weight excluding hydrogens is 172 g/mol. The number of aldehydes is 1. The van der Waals surface area contributed by atoms with Gasteiger partial charge in [0, 0.05) is 6.42 Å². The lowest BCUT2D eigenvalue weighted by molar-refractivity contribution is -0.108. The zero-order valence-electron chi connectivity index (χ0n) is 9.88. The van der Waals surface area contributed by atoms with Gasteiger partial charge < -0.3 is 4.79 Å². The molecule has 0 aliphatic heterocycles. The van der Waals surface area contributed by atoms with Gasteiger partial charge in [-0.2, -0.15) is 0 Å². The molecule has 0 saturated carbocycles. The SMILES string of the molecule is CCCC/C(C)=C\CCC(C)CC=O. The monoisotopic (exact) mass is 196 g/mol. The maximum Gasteiger partial charge on any atom is 0.120 e. The summed E-state index contributed by atoms with van der Waals surface area (Å²) in [5.74, 6) is 0.544. The van der Waals surface area contributed by atoms with Crippen LogP contribution in [-0.2, 0) is 4.79 Å². The second-order valence-electron chi connectivity index (χ2n) is 4.24. The number of carbonyl (C=O) groups excluding carboxylic acids is 1. The summed E-state index contributed by atoms with van der Waals surface area (Å²) in [4.78, 5) is 10.2. The molecule has 0 aromatic carbocycles. The van der Waals surface area contributed by atoms with Crippen LogP contribution in [0.3, 0.4) is 0 Å². The van der Waals surface area contributed by atoms with Gasteiger partial charge in [0.2, 0.25) is 0 Å². The van der Waals surface area contributed by atoms with Crippen LogP contribution in [0.5, 0.6) is 0 Å². The van der Waals surface area contributed by atoms with Gasteiger partial charge in [-0.1, -0.05) is 31.9 Å². The van der Waals surface area contributed by atoms with E-state index in [-0.39, 0.29) is 0 Å².